The fourth-order valence-electron chi connectivity index (χ4n) is 4.82. The van der Waals surface area contributed by atoms with Crippen LogP contribution in [0.2, 0.25) is 0 Å². The van der Waals surface area contributed by atoms with Gasteiger partial charge in [0.15, 0.2) is 11.6 Å². The first-order chi connectivity index (χ1) is 18.5. The van der Waals surface area contributed by atoms with E-state index in [1.165, 1.54) is 0 Å². The van der Waals surface area contributed by atoms with Crippen LogP contribution in [0.5, 0.6) is 5.75 Å². The van der Waals surface area contributed by atoms with Crippen LogP contribution in [0, 0.1) is 5.82 Å². The van der Waals surface area contributed by atoms with Gasteiger partial charge in [0.2, 0.25) is 10.0 Å². The number of aromatic carboxylic acids is 1. The summed E-state index contributed by atoms with van der Waals surface area (Å²) < 4.78 is 113. The molecule has 0 spiro atoms. The minimum absolute atomic E-state index is 0.0319. The van der Waals surface area contributed by atoms with Gasteiger partial charge in [-0.05, 0) is 44.9 Å². The van der Waals surface area contributed by atoms with Crippen molar-refractivity contribution in [3.8, 4) is 17.1 Å². The second kappa shape index (κ2) is 10.6. The molecule has 4 rings (SSSR count). The second-order valence-electron chi connectivity index (χ2n) is 9.98. The number of carboxylic acid groups (broad SMARTS) is 1. The number of aromatic nitrogens is 2. The number of pyridine rings is 1. The van der Waals surface area contributed by atoms with Gasteiger partial charge in [0.25, 0.3) is 0 Å². The number of rotatable bonds is 8. The molecule has 0 aliphatic heterocycles. The molecule has 1 aromatic carbocycles. The predicted molar refractivity (Wildman–Crippen MR) is 131 cm³/mol. The number of halogens is 6. The molecule has 15 heteroatoms. The number of sulfonamides is 1. The highest BCUT2D eigenvalue weighted by Crippen LogP contribution is 2.42. The van der Waals surface area contributed by atoms with Crippen LogP contribution in [0.1, 0.15) is 62.4 Å². The maximum absolute atomic E-state index is 14.7. The number of alkyl halides is 5. The first kappa shape index (κ1) is 29.6. The number of carbonyl (C=O) groups is 1. The van der Waals surface area contributed by atoms with E-state index in [-0.39, 0.29) is 28.3 Å². The third-order valence-corrected chi connectivity index (χ3v) is 8.46. The van der Waals surface area contributed by atoms with Crippen molar-refractivity contribution in [2.75, 3.05) is 0 Å². The highest BCUT2D eigenvalue weighted by Gasteiger charge is 2.50. The van der Waals surface area contributed by atoms with Crippen LogP contribution in [0.4, 0.5) is 26.3 Å². The molecule has 0 radical (unpaired) electrons. The summed E-state index contributed by atoms with van der Waals surface area (Å²) in [5.41, 5.74) is -3.19. The summed E-state index contributed by atoms with van der Waals surface area (Å²) in [7, 11) is -4.70. The third kappa shape index (κ3) is 5.61. The Kier molecular flexibility index (Phi) is 7.84. The van der Waals surface area contributed by atoms with E-state index in [9.17, 15) is 44.7 Å². The van der Waals surface area contributed by atoms with E-state index < -0.39 is 56.3 Å². The predicted octanol–water partition coefficient (Wildman–Crippen LogP) is 6.27. The lowest BCUT2D eigenvalue weighted by Gasteiger charge is -2.28. The maximum Gasteiger partial charge on any atom is 0.407 e. The fraction of sp³-hybridized carbons (Fsp3) is 0.440. The molecule has 2 N–H and O–H groups in total. The molecule has 1 fully saturated rings. The van der Waals surface area contributed by atoms with E-state index in [0.29, 0.717) is 26.7 Å². The standard InChI is InChI=1S/C25H25F6N3O5S/c1-24(2,25(29,30)31)33-40(37,38)14-8-9-17(32-12-14)21-20(22(35)36)15-10-16(26)19(39-23(27)28)11-18(15)34(21)13-6-4-3-5-7-13/h8-13,23,33H,3-7H2,1-2H3,(H,35,36). The first-order valence-corrected chi connectivity index (χ1v) is 13.6. The summed E-state index contributed by atoms with van der Waals surface area (Å²) in [5.74, 6) is -3.48. The van der Waals surface area contributed by atoms with E-state index >= 15 is 0 Å². The number of nitrogens with zero attached hydrogens (tertiary/aromatic N) is 2. The van der Waals surface area contributed by atoms with Gasteiger partial charge in [-0.3, -0.25) is 4.98 Å². The van der Waals surface area contributed by atoms with Gasteiger partial charge in [-0.2, -0.15) is 26.7 Å². The largest absolute Gasteiger partial charge is 0.478 e. The van der Waals surface area contributed by atoms with Crippen LogP contribution in [-0.4, -0.2) is 47.4 Å². The number of benzene rings is 1. The van der Waals surface area contributed by atoms with Gasteiger partial charge in [-0.1, -0.05) is 19.3 Å². The molecule has 1 aliphatic carbocycles. The lowest BCUT2D eigenvalue weighted by Crippen LogP contribution is -2.54. The van der Waals surface area contributed by atoms with E-state index in [4.69, 9.17) is 0 Å². The van der Waals surface area contributed by atoms with Crippen molar-refractivity contribution in [2.24, 2.45) is 0 Å². The summed E-state index contributed by atoms with van der Waals surface area (Å²) in [4.78, 5) is 15.9. The third-order valence-electron chi connectivity index (χ3n) is 6.81. The van der Waals surface area contributed by atoms with E-state index in [2.05, 4.69) is 9.72 Å². The molecular formula is C25H25F6N3O5S. The Morgan fingerprint density at radius 2 is 1.80 bits per heavy atom. The van der Waals surface area contributed by atoms with Crippen molar-refractivity contribution < 1.29 is 49.4 Å². The smallest absolute Gasteiger partial charge is 0.407 e. The zero-order valence-corrected chi connectivity index (χ0v) is 22.0. The lowest BCUT2D eigenvalue weighted by molar-refractivity contribution is -0.180. The van der Waals surface area contributed by atoms with Crippen molar-refractivity contribution in [1.82, 2.24) is 14.3 Å². The van der Waals surface area contributed by atoms with Crippen molar-refractivity contribution in [1.29, 1.82) is 0 Å². The van der Waals surface area contributed by atoms with Gasteiger partial charge in [0, 0.05) is 23.7 Å². The average Bonchev–Trinajstić information content (AvgIpc) is 3.17. The quantitative estimate of drug-likeness (QED) is 0.298. The van der Waals surface area contributed by atoms with Gasteiger partial charge in [0.1, 0.15) is 10.4 Å². The zero-order valence-electron chi connectivity index (χ0n) is 21.2. The second-order valence-corrected chi connectivity index (χ2v) is 11.7. The molecule has 1 aliphatic rings. The number of fused-ring (bicyclic) bond motifs is 1. The Morgan fingerprint density at radius 3 is 2.33 bits per heavy atom. The number of hydrogen-bond acceptors (Lipinski definition) is 5. The topological polar surface area (TPSA) is 111 Å². The number of hydrogen-bond donors (Lipinski definition) is 2. The molecule has 2 aromatic heterocycles. The molecule has 8 nitrogen and oxygen atoms in total. The van der Waals surface area contributed by atoms with Gasteiger partial charge >= 0.3 is 18.8 Å². The first-order valence-electron chi connectivity index (χ1n) is 12.2. The number of ether oxygens (including phenoxy) is 1. The van der Waals surface area contributed by atoms with E-state index in [1.807, 2.05) is 0 Å². The molecule has 3 aromatic rings. The van der Waals surface area contributed by atoms with Crippen LogP contribution in [0.3, 0.4) is 0 Å². The monoisotopic (exact) mass is 593 g/mol. The minimum atomic E-state index is -4.90. The molecular weight excluding hydrogens is 568 g/mol. The van der Waals surface area contributed by atoms with Crippen LogP contribution >= 0.6 is 0 Å². The molecule has 40 heavy (non-hydrogen) atoms. The van der Waals surface area contributed by atoms with Crippen LogP contribution < -0.4 is 9.46 Å². The number of nitrogens with one attached hydrogen (secondary N) is 1. The molecule has 218 valence electrons. The molecule has 1 saturated carbocycles. The van der Waals surface area contributed by atoms with E-state index in [1.54, 1.807) is 9.29 Å². The van der Waals surface area contributed by atoms with Gasteiger partial charge in [-0.15, -0.1) is 0 Å². The molecule has 0 amide bonds. The van der Waals surface area contributed by atoms with Crippen LogP contribution in [0.15, 0.2) is 35.4 Å². The molecule has 0 bridgehead atoms. The highest BCUT2D eigenvalue weighted by atomic mass is 32.2. The zero-order chi connectivity index (χ0) is 29.6. The van der Waals surface area contributed by atoms with Crippen LogP contribution in [0.25, 0.3) is 22.3 Å². The van der Waals surface area contributed by atoms with Crippen LogP contribution in [-0.2, 0) is 10.0 Å². The Balaban J connectivity index is 1.90. The summed E-state index contributed by atoms with van der Waals surface area (Å²) in [6, 6.07) is 3.54. The molecule has 0 saturated heterocycles. The van der Waals surface area contributed by atoms with Crippen molar-refractivity contribution in [2.45, 2.75) is 75.2 Å². The summed E-state index contributed by atoms with van der Waals surface area (Å²) in [6.07, 6.45) is -0.477. The molecule has 0 unspecified atom stereocenters. The SMILES string of the molecule is CC(C)(NS(=O)(=O)c1ccc(-c2c(C(=O)O)c3cc(F)c(OC(F)F)cc3n2C2CCCCC2)nc1)C(F)(F)F. The Bertz CT molecular complexity index is 1530. The van der Waals surface area contributed by atoms with E-state index in [0.717, 1.165) is 49.7 Å². The Morgan fingerprint density at radius 1 is 1.15 bits per heavy atom. The lowest BCUT2D eigenvalue weighted by atomic mass is 9.95. The number of carboxylic acids is 1. The van der Waals surface area contributed by atoms with Gasteiger partial charge in [-0.25, -0.2) is 17.6 Å². The Hall–Kier alpha value is -3.33. The molecule has 2 heterocycles. The summed E-state index contributed by atoms with van der Waals surface area (Å²) in [6.45, 7) is -2.03. The van der Waals surface area contributed by atoms with Crippen molar-refractivity contribution in [3.05, 3.63) is 41.8 Å². The van der Waals surface area contributed by atoms with Crippen molar-refractivity contribution >= 4 is 26.9 Å². The Labute approximate surface area is 225 Å². The fourth-order valence-corrected chi connectivity index (χ4v) is 6.16. The highest BCUT2D eigenvalue weighted by molar-refractivity contribution is 7.89. The normalized spacial score (nSPS) is 15.6. The molecule has 0 atom stereocenters. The van der Waals surface area contributed by atoms with Crippen molar-refractivity contribution in [3.63, 3.8) is 0 Å². The average molecular weight is 594 g/mol. The van der Waals surface area contributed by atoms with Gasteiger partial charge in [0.05, 0.1) is 22.5 Å². The maximum atomic E-state index is 14.7. The van der Waals surface area contributed by atoms with Gasteiger partial charge < -0.3 is 14.4 Å². The summed E-state index contributed by atoms with van der Waals surface area (Å²) in [5, 5.41) is 9.99. The minimum Gasteiger partial charge on any atom is -0.478 e. The summed E-state index contributed by atoms with van der Waals surface area (Å²) >= 11 is 0.